The molecule has 86 valence electrons. The van der Waals surface area contributed by atoms with Crippen LogP contribution in [0, 0.1) is 0 Å². The average Bonchev–Trinajstić information content (AvgIpc) is 2.20. The number of halogens is 2. The van der Waals surface area contributed by atoms with Crippen LogP contribution in [0.25, 0.3) is 0 Å². The minimum atomic E-state index is -0.717. The van der Waals surface area contributed by atoms with Crippen LogP contribution in [0.15, 0.2) is 23.4 Å². The molecule has 0 aliphatic rings. The minimum absolute atomic E-state index is 0.374. The van der Waals surface area contributed by atoms with Gasteiger partial charge in [-0.1, -0.05) is 28.4 Å². The Balaban J connectivity index is 2.69. The Morgan fingerprint density at radius 3 is 2.69 bits per heavy atom. The monoisotopic (exact) mass is 260 g/mol. The summed E-state index contributed by atoms with van der Waals surface area (Å²) in [7, 11) is 0. The van der Waals surface area contributed by atoms with E-state index in [1.54, 1.807) is 26.0 Å². The van der Waals surface area contributed by atoms with Crippen molar-refractivity contribution in [1.82, 2.24) is 0 Å². The molecule has 0 saturated carbocycles. The van der Waals surface area contributed by atoms with Gasteiger partial charge in [0.05, 0.1) is 16.4 Å². The van der Waals surface area contributed by atoms with Gasteiger partial charge < -0.3 is 0 Å². The maximum Gasteiger partial charge on any atom is 0.437 e. The smallest absolute Gasteiger partial charge is 0.298 e. The largest absolute Gasteiger partial charge is 0.437 e. The van der Waals surface area contributed by atoms with Gasteiger partial charge >= 0.3 is 6.09 Å². The van der Waals surface area contributed by atoms with Gasteiger partial charge in [0.15, 0.2) is 0 Å². The lowest BCUT2D eigenvalue weighted by molar-refractivity contribution is 0.166. The van der Waals surface area contributed by atoms with E-state index in [0.717, 1.165) is 0 Å². The predicted molar refractivity (Wildman–Crippen MR) is 65.3 cm³/mol. The van der Waals surface area contributed by atoms with Gasteiger partial charge in [0.2, 0.25) is 0 Å². The number of oxime groups is 1. The number of benzene rings is 1. The highest BCUT2D eigenvalue weighted by atomic mass is 35.5. The molecule has 16 heavy (non-hydrogen) atoms. The molecule has 0 saturated heterocycles. The Labute approximate surface area is 103 Å². The molecule has 6 heteroatoms. The Bertz CT molecular complexity index is 429. The number of nitrogens with one attached hydrogen (secondary N) is 1. The average molecular weight is 261 g/mol. The highest BCUT2D eigenvalue weighted by molar-refractivity contribution is 6.35. The molecule has 0 heterocycles. The molecule has 1 N–H and O–H groups in total. The van der Waals surface area contributed by atoms with Crippen molar-refractivity contribution < 1.29 is 9.63 Å². The lowest BCUT2D eigenvalue weighted by Crippen LogP contribution is -2.11. The van der Waals surface area contributed by atoms with Gasteiger partial charge in [-0.3, -0.25) is 10.2 Å². The van der Waals surface area contributed by atoms with Gasteiger partial charge in [0, 0.05) is 5.02 Å². The standard InChI is InChI=1S/C10H10Cl2N2O2/c1-6(2)14-16-10(15)13-9-5-7(11)3-4-8(9)12/h3-5H,1-2H3,(H,13,15). The Hall–Kier alpha value is -1.26. The molecular formula is C10H10Cl2N2O2. The molecule has 0 bridgehead atoms. The van der Waals surface area contributed by atoms with Crippen LogP contribution in [-0.2, 0) is 4.84 Å². The van der Waals surface area contributed by atoms with E-state index >= 15 is 0 Å². The highest BCUT2D eigenvalue weighted by Crippen LogP contribution is 2.25. The minimum Gasteiger partial charge on any atom is -0.298 e. The van der Waals surface area contributed by atoms with Crippen molar-refractivity contribution in [1.29, 1.82) is 0 Å². The molecule has 0 aliphatic heterocycles. The summed E-state index contributed by atoms with van der Waals surface area (Å²) in [6.07, 6.45) is -0.717. The fourth-order valence-electron chi connectivity index (χ4n) is 0.859. The maximum absolute atomic E-state index is 11.2. The van der Waals surface area contributed by atoms with Crippen LogP contribution in [0.1, 0.15) is 13.8 Å². The van der Waals surface area contributed by atoms with Gasteiger partial charge in [-0.05, 0) is 32.0 Å². The number of nitrogens with zero attached hydrogens (tertiary/aromatic N) is 1. The molecule has 0 unspecified atom stereocenters. The number of amides is 1. The fourth-order valence-corrected chi connectivity index (χ4v) is 1.20. The van der Waals surface area contributed by atoms with E-state index in [9.17, 15) is 4.79 Å². The van der Waals surface area contributed by atoms with E-state index in [1.165, 1.54) is 6.07 Å². The summed E-state index contributed by atoms with van der Waals surface area (Å²) in [6.45, 7) is 3.42. The Kier molecular flexibility index (Phi) is 4.58. The van der Waals surface area contributed by atoms with Crippen LogP contribution < -0.4 is 5.32 Å². The van der Waals surface area contributed by atoms with Gasteiger partial charge in [-0.25, -0.2) is 4.79 Å². The summed E-state index contributed by atoms with van der Waals surface area (Å²) < 4.78 is 0. The summed E-state index contributed by atoms with van der Waals surface area (Å²) in [6, 6.07) is 4.72. The number of anilines is 1. The zero-order valence-electron chi connectivity index (χ0n) is 8.75. The van der Waals surface area contributed by atoms with Gasteiger partial charge in [-0.15, -0.1) is 0 Å². The van der Waals surface area contributed by atoms with Crippen LogP contribution in [-0.4, -0.2) is 11.8 Å². The van der Waals surface area contributed by atoms with Crippen molar-refractivity contribution in [2.45, 2.75) is 13.8 Å². The first-order chi connectivity index (χ1) is 7.49. The van der Waals surface area contributed by atoms with Crippen molar-refractivity contribution in [3.05, 3.63) is 28.2 Å². The lowest BCUT2D eigenvalue weighted by atomic mass is 10.3. The summed E-state index contributed by atoms with van der Waals surface area (Å²) in [5.41, 5.74) is 1.01. The first-order valence-corrected chi connectivity index (χ1v) is 5.19. The molecule has 0 fully saturated rings. The van der Waals surface area contributed by atoms with E-state index < -0.39 is 6.09 Å². The quantitative estimate of drug-likeness (QED) is 0.498. The van der Waals surface area contributed by atoms with Crippen LogP contribution in [0.3, 0.4) is 0 Å². The molecule has 1 aromatic carbocycles. The van der Waals surface area contributed by atoms with Crippen molar-refractivity contribution in [2.24, 2.45) is 5.16 Å². The first-order valence-electron chi connectivity index (χ1n) is 4.43. The van der Waals surface area contributed by atoms with E-state index in [4.69, 9.17) is 23.2 Å². The summed E-state index contributed by atoms with van der Waals surface area (Å²) in [5, 5.41) is 6.76. The normalized spacial score (nSPS) is 9.50. The van der Waals surface area contributed by atoms with E-state index in [0.29, 0.717) is 21.4 Å². The lowest BCUT2D eigenvalue weighted by Gasteiger charge is -2.05. The molecule has 0 aromatic heterocycles. The molecule has 0 spiro atoms. The van der Waals surface area contributed by atoms with E-state index in [-0.39, 0.29) is 0 Å². The summed E-state index contributed by atoms with van der Waals surface area (Å²) in [4.78, 5) is 15.8. The second-order valence-electron chi connectivity index (χ2n) is 3.17. The maximum atomic E-state index is 11.2. The molecule has 1 rings (SSSR count). The molecule has 1 aromatic rings. The SMILES string of the molecule is CC(C)=NOC(=O)Nc1cc(Cl)ccc1Cl. The molecule has 0 radical (unpaired) electrons. The van der Waals surface area contributed by atoms with Gasteiger partial charge in [0.25, 0.3) is 0 Å². The third-order valence-electron chi connectivity index (χ3n) is 1.48. The van der Waals surface area contributed by atoms with E-state index in [2.05, 4.69) is 15.3 Å². The third-order valence-corrected chi connectivity index (χ3v) is 2.04. The van der Waals surface area contributed by atoms with Gasteiger partial charge in [0.1, 0.15) is 0 Å². The van der Waals surface area contributed by atoms with Crippen molar-refractivity contribution >= 4 is 40.7 Å². The zero-order chi connectivity index (χ0) is 12.1. The third kappa shape index (κ3) is 4.08. The van der Waals surface area contributed by atoms with Crippen LogP contribution in [0.5, 0.6) is 0 Å². The highest BCUT2D eigenvalue weighted by Gasteiger charge is 2.07. The second kappa shape index (κ2) is 5.72. The van der Waals surface area contributed by atoms with Gasteiger partial charge in [-0.2, -0.15) is 0 Å². The van der Waals surface area contributed by atoms with Crippen molar-refractivity contribution in [2.75, 3.05) is 5.32 Å². The zero-order valence-corrected chi connectivity index (χ0v) is 10.3. The number of hydrogen-bond donors (Lipinski definition) is 1. The molecule has 1 amide bonds. The first kappa shape index (κ1) is 12.8. The molecular weight excluding hydrogens is 251 g/mol. The number of hydrogen-bond acceptors (Lipinski definition) is 3. The topological polar surface area (TPSA) is 50.7 Å². The van der Waals surface area contributed by atoms with Crippen LogP contribution >= 0.6 is 23.2 Å². The Morgan fingerprint density at radius 2 is 2.06 bits per heavy atom. The summed E-state index contributed by atoms with van der Waals surface area (Å²) in [5.74, 6) is 0. The van der Waals surface area contributed by atoms with E-state index in [1.807, 2.05) is 0 Å². The molecule has 0 atom stereocenters. The number of carbonyl (C=O) groups excluding carboxylic acids is 1. The summed E-state index contributed by atoms with van der Waals surface area (Å²) >= 11 is 11.6. The van der Waals surface area contributed by atoms with Crippen LogP contribution in [0.4, 0.5) is 10.5 Å². The molecule has 0 aliphatic carbocycles. The molecule has 4 nitrogen and oxygen atoms in total. The number of carbonyl (C=O) groups is 1. The van der Waals surface area contributed by atoms with Crippen molar-refractivity contribution in [3.63, 3.8) is 0 Å². The second-order valence-corrected chi connectivity index (χ2v) is 4.01. The Morgan fingerprint density at radius 1 is 1.38 bits per heavy atom. The number of rotatable bonds is 2. The van der Waals surface area contributed by atoms with Crippen LogP contribution in [0.2, 0.25) is 10.0 Å². The van der Waals surface area contributed by atoms with Crippen molar-refractivity contribution in [3.8, 4) is 0 Å². The predicted octanol–water partition coefficient (Wildman–Crippen LogP) is 3.94. The fraction of sp³-hybridized carbons (Fsp3) is 0.200.